The maximum Gasteiger partial charge on any atom is 0.123 e. The van der Waals surface area contributed by atoms with E-state index in [9.17, 15) is 8.78 Å². The Balaban J connectivity index is 1.08. The van der Waals surface area contributed by atoms with Crippen LogP contribution in [0.2, 0.25) is 0 Å². The van der Waals surface area contributed by atoms with Crippen molar-refractivity contribution in [3.05, 3.63) is 200 Å². The molecule has 0 bridgehead atoms. The van der Waals surface area contributed by atoms with Gasteiger partial charge in [-0.05, 0) is 132 Å². The molecule has 2 heterocycles. The smallest absolute Gasteiger partial charge is 0.123 e. The van der Waals surface area contributed by atoms with E-state index < -0.39 is 0 Å². The molecule has 0 fully saturated rings. The van der Waals surface area contributed by atoms with Gasteiger partial charge >= 0.3 is 0 Å². The molecule has 0 radical (unpaired) electrons. The van der Waals surface area contributed by atoms with Crippen molar-refractivity contribution in [2.24, 2.45) is 0 Å². The van der Waals surface area contributed by atoms with Gasteiger partial charge in [0.15, 0.2) is 0 Å². The molecule has 252 valence electrons. The molecule has 0 spiro atoms. The Morgan fingerprint density at radius 1 is 0.321 bits per heavy atom. The molecule has 0 saturated carbocycles. The number of nitrogens with zero attached hydrogens (tertiary/aromatic N) is 3. The predicted molar refractivity (Wildman–Crippen MR) is 215 cm³/mol. The summed E-state index contributed by atoms with van der Waals surface area (Å²) in [7, 11) is 0. The first-order valence-electron chi connectivity index (χ1n) is 17.6. The first kappa shape index (κ1) is 30.8. The van der Waals surface area contributed by atoms with Gasteiger partial charge in [-0.25, -0.2) is 8.78 Å². The highest BCUT2D eigenvalue weighted by molar-refractivity contribution is 6.12. The molecule has 0 atom stereocenters. The van der Waals surface area contributed by atoms with Crippen molar-refractivity contribution in [1.82, 2.24) is 9.13 Å². The van der Waals surface area contributed by atoms with Gasteiger partial charge in [0.05, 0.1) is 22.1 Å². The number of para-hydroxylation sites is 3. The van der Waals surface area contributed by atoms with E-state index in [4.69, 9.17) is 0 Å². The van der Waals surface area contributed by atoms with Crippen LogP contribution >= 0.6 is 0 Å². The number of rotatable bonds is 6. The van der Waals surface area contributed by atoms with Gasteiger partial charge < -0.3 is 14.0 Å². The summed E-state index contributed by atoms with van der Waals surface area (Å²) in [6.07, 6.45) is 0. The van der Waals surface area contributed by atoms with Crippen molar-refractivity contribution >= 4 is 60.7 Å². The maximum absolute atomic E-state index is 13.9. The average Bonchev–Trinajstić information content (AvgIpc) is 3.72. The molecular weight excluding hydrogens is 657 g/mol. The molecule has 0 amide bonds. The van der Waals surface area contributed by atoms with Gasteiger partial charge in [0.2, 0.25) is 0 Å². The van der Waals surface area contributed by atoms with E-state index in [1.165, 1.54) is 62.4 Å². The third kappa shape index (κ3) is 5.16. The quantitative estimate of drug-likeness (QED) is 0.170. The van der Waals surface area contributed by atoms with Gasteiger partial charge in [0.25, 0.3) is 0 Å². The van der Waals surface area contributed by atoms with Crippen molar-refractivity contribution in [1.29, 1.82) is 0 Å². The van der Waals surface area contributed by atoms with Crippen LogP contribution in [-0.4, -0.2) is 9.13 Å². The van der Waals surface area contributed by atoms with E-state index in [1.54, 1.807) is 24.3 Å². The highest BCUT2D eigenvalue weighted by Gasteiger charge is 2.17. The Morgan fingerprint density at radius 2 is 0.698 bits per heavy atom. The highest BCUT2D eigenvalue weighted by atomic mass is 19.1. The minimum absolute atomic E-state index is 0.311. The Hall–Kier alpha value is -6.98. The summed E-state index contributed by atoms with van der Waals surface area (Å²) < 4.78 is 32.4. The van der Waals surface area contributed by atoms with E-state index in [0.29, 0.717) is 0 Å². The van der Waals surface area contributed by atoms with Crippen molar-refractivity contribution < 1.29 is 8.78 Å². The summed E-state index contributed by atoms with van der Waals surface area (Å²) in [6.45, 7) is 0. The Bertz CT molecular complexity index is 2900. The molecule has 3 nitrogen and oxygen atoms in total. The van der Waals surface area contributed by atoms with Crippen molar-refractivity contribution in [2.75, 3.05) is 4.90 Å². The zero-order chi connectivity index (χ0) is 35.5. The lowest BCUT2D eigenvalue weighted by Crippen LogP contribution is -2.10. The van der Waals surface area contributed by atoms with Gasteiger partial charge in [-0.15, -0.1) is 0 Å². The summed E-state index contributed by atoms with van der Waals surface area (Å²) in [6, 6.07) is 62.2. The molecule has 0 aliphatic rings. The number of aromatic nitrogens is 2. The molecule has 53 heavy (non-hydrogen) atoms. The number of hydrogen-bond acceptors (Lipinski definition) is 1. The van der Waals surface area contributed by atoms with Crippen molar-refractivity contribution in [2.45, 2.75) is 0 Å². The molecule has 0 N–H and O–H groups in total. The maximum atomic E-state index is 13.9. The molecule has 10 aromatic rings. The van der Waals surface area contributed by atoms with Gasteiger partial charge in [-0.3, -0.25) is 0 Å². The molecule has 0 aliphatic heterocycles. The number of halogens is 2. The standard InChI is InChI=1S/C48H31F2N3/c49-34-16-20-37(21-17-34)51(38-22-18-35(50)19-23-38)39-24-26-40(27-25-39)53-46-13-7-5-11-42(46)44-31-33(15-29-48(44)53)32-14-28-47-43(30-32)41-10-4-6-12-45(41)52(47)36-8-2-1-3-9-36/h1-31H. The lowest BCUT2D eigenvalue weighted by Gasteiger charge is -2.25. The number of fused-ring (bicyclic) bond motifs is 6. The minimum Gasteiger partial charge on any atom is -0.310 e. The summed E-state index contributed by atoms with van der Waals surface area (Å²) in [5.74, 6) is -0.622. The van der Waals surface area contributed by atoms with Crippen LogP contribution in [0.3, 0.4) is 0 Å². The summed E-state index contributed by atoms with van der Waals surface area (Å²) in [5, 5.41) is 4.80. The summed E-state index contributed by atoms with van der Waals surface area (Å²) in [4.78, 5) is 1.99. The van der Waals surface area contributed by atoms with Crippen LogP contribution in [0.25, 0.3) is 66.1 Å². The van der Waals surface area contributed by atoms with Gasteiger partial charge in [0, 0.05) is 50.0 Å². The SMILES string of the molecule is Fc1ccc(N(c2ccc(F)cc2)c2ccc(-n3c4ccccc4c4cc(-c5ccc6c(c5)c5ccccc5n6-c5ccccc5)ccc43)cc2)cc1. The topological polar surface area (TPSA) is 13.1 Å². The zero-order valence-corrected chi connectivity index (χ0v) is 28.5. The monoisotopic (exact) mass is 687 g/mol. The normalized spacial score (nSPS) is 11.6. The van der Waals surface area contributed by atoms with Crippen molar-refractivity contribution in [3.63, 3.8) is 0 Å². The van der Waals surface area contributed by atoms with E-state index in [-0.39, 0.29) is 11.6 Å². The van der Waals surface area contributed by atoms with Crippen molar-refractivity contribution in [3.8, 4) is 22.5 Å². The molecule has 10 rings (SSSR count). The minimum atomic E-state index is -0.311. The third-order valence-corrected chi connectivity index (χ3v) is 10.2. The Morgan fingerprint density at radius 3 is 1.17 bits per heavy atom. The fourth-order valence-corrected chi connectivity index (χ4v) is 7.82. The second-order valence-electron chi connectivity index (χ2n) is 13.3. The second kappa shape index (κ2) is 12.4. The van der Waals surface area contributed by atoms with E-state index in [0.717, 1.165) is 45.0 Å². The molecule has 2 aromatic heterocycles. The zero-order valence-electron chi connectivity index (χ0n) is 28.5. The summed E-state index contributed by atoms with van der Waals surface area (Å²) >= 11 is 0. The van der Waals surface area contributed by atoms with Crippen LogP contribution < -0.4 is 4.90 Å². The number of anilines is 3. The Kier molecular flexibility index (Phi) is 7.18. The average molecular weight is 688 g/mol. The van der Waals surface area contributed by atoms with Gasteiger partial charge in [0.1, 0.15) is 11.6 Å². The fourth-order valence-electron chi connectivity index (χ4n) is 7.82. The van der Waals surface area contributed by atoms with Crippen LogP contribution in [0.1, 0.15) is 0 Å². The van der Waals surface area contributed by atoms with Crippen LogP contribution in [0.4, 0.5) is 25.8 Å². The lowest BCUT2D eigenvalue weighted by atomic mass is 10.0. The molecule has 5 heteroatoms. The fraction of sp³-hybridized carbons (Fsp3) is 0. The van der Waals surface area contributed by atoms with E-state index >= 15 is 0 Å². The van der Waals surface area contributed by atoms with Gasteiger partial charge in [-0.1, -0.05) is 66.7 Å². The molecular formula is C48H31F2N3. The first-order chi connectivity index (χ1) is 26.1. The molecule has 0 saturated heterocycles. The van der Waals surface area contributed by atoms with Gasteiger partial charge in [-0.2, -0.15) is 0 Å². The lowest BCUT2D eigenvalue weighted by molar-refractivity contribution is 0.628. The van der Waals surface area contributed by atoms with Crippen LogP contribution in [0.15, 0.2) is 188 Å². The number of benzene rings is 8. The Labute approximate surface area is 304 Å². The van der Waals surface area contributed by atoms with E-state index in [2.05, 4.69) is 149 Å². The van der Waals surface area contributed by atoms with Crippen LogP contribution in [-0.2, 0) is 0 Å². The largest absolute Gasteiger partial charge is 0.310 e. The van der Waals surface area contributed by atoms with Crippen LogP contribution in [0, 0.1) is 11.6 Å². The van der Waals surface area contributed by atoms with Crippen LogP contribution in [0.5, 0.6) is 0 Å². The molecule has 0 unspecified atom stereocenters. The first-order valence-corrected chi connectivity index (χ1v) is 17.6. The molecule has 0 aliphatic carbocycles. The van der Waals surface area contributed by atoms with E-state index in [1.807, 2.05) is 4.90 Å². The predicted octanol–water partition coefficient (Wildman–Crippen LogP) is 13.3. The second-order valence-corrected chi connectivity index (χ2v) is 13.3. The molecule has 8 aromatic carbocycles. The highest BCUT2D eigenvalue weighted by Crippen LogP contribution is 2.40. The number of hydrogen-bond donors (Lipinski definition) is 0. The third-order valence-electron chi connectivity index (χ3n) is 10.2. The summed E-state index contributed by atoms with van der Waals surface area (Å²) in [5.41, 5.74) is 11.5.